The lowest BCUT2D eigenvalue weighted by atomic mass is 10.2. The zero-order valence-electron chi connectivity index (χ0n) is 9.29. The summed E-state index contributed by atoms with van der Waals surface area (Å²) in [5.74, 6) is 0. The smallest absolute Gasteiger partial charge is 0.328 e. The van der Waals surface area contributed by atoms with Gasteiger partial charge in [0.2, 0.25) is 0 Å². The van der Waals surface area contributed by atoms with Crippen LogP contribution in [0.25, 0.3) is 0 Å². The Morgan fingerprint density at radius 3 is 3.00 bits per heavy atom. The van der Waals surface area contributed by atoms with Crippen LogP contribution in [0.2, 0.25) is 0 Å². The van der Waals surface area contributed by atoms with Crippen LogP contribution in [0.3, 0.4) is 0 Å². The number of aryl methyl sites for hydroxylation is 1. The number of rotatable bonds is 2. The molecule has 3 atom stereocenters. The summed E-state index contributed by atoms with van der Waals surface area (Å²) in [7, 11) is 0. The number of hydrogen-bond donors (Lipinski definition) is 3. The second-order valence-electron chi connectivity index (χ2n) is 4.09. The second-order valence-corrected chi connectivity index (χ2v) is 4.50. The number of aromatic nitrogens is 2. The fraction of sp³-hybridized carbons (Fsp3) is 0.600. The summed E-state index contributed by atoms with van der Waals surface area (Å²) in [5.41, 5.74) is 0.376. The van der Waals surface area contributed by atoms with E-state index >= 15 is 0 Å². The number of nitrogens with one attached hydrogen (secondary N) is 1. The van der Waals surface area contributed by atoms with E-state index in [1.807, 2.05) is 0 Å². The van der Waals surface area contributed by atoms with Gasteiger partial charge in [-0.3, -0.25) is 9.55 Å². The van der Waals surface area contributed by atoms with E-state index < -0.39 is 18.4 Å². The first-order valence-electron chi connectivity index (χ1n) is 5.29. The maximum atomic E-state index is 11.7. The van der Waals surface area contributed by atoms with E-state index in [1.54, 1.807) is 13.1 Å². The Hall–Kier alpha value is -1.02. The van der Waals surface area contributed by atoms with Crippen molar-refractivity contribution in [2.45, 2.75) is 31.8 Å². The quantitative estimate of drug-likeness (QED) is 0.642. The lowest BCUT2D eigenvalue weighted by Gasteiger charge is -2.14. The van der Waals surface area contributed by atoms with Crippen LogP contribution in [0, 0.1) is 11.6 Å². The molecule has 1 aliphatic rings. The average molecular weight is 258 g/mol. The highest BCUT2D eigenvalue weighted by Gasteiger charge is 2.34. The Bertz CT molecular complexity index is 524. The maximum absolute atomic E-state index is 11.7. The predicted molar refractivity (Wildman–Crippen MR) is 62.2 cm³/mol. The normalized spacial score (nSPS) is 28.5. The van der Waals surface area contributed by atoms with Crippen LogP contribution in [0.4, 0.5) is 0 Å². The van der Waals surface area contributed by atoms with E-state index in [0.717, 1.165) is 5.56 Å². The first kappa shape index (κ1) is 12.4. The molecule has 94 valence electrons. The lowest BCUT2D eigenvalue weighted by molar-refractivity contribution is -0.0459. The zero-order chi connectivity index (χ0) is 12.6. The SMILES string of the molecule is Cc1cn([C@@H]2C[C@@H](O)[C@H](CO)O2)c(=O)[nH]c1=S. The summed E-state index contributed by atoms with van der Waals surface area (Å²) in [6.45, 7) is 1.51. The molecule has 1 aromatic heterocycles. The molecule has 7 heteroatoms. The number of aliphatic hydroxyl groups excluding tert-OH is 2. The third-order valence-electron chi connectivity index (χ3n) is 2.84. The molecule has 0 aromatic carbocycles. The molecule has 0 amide bonds. The Morgan fingerprint density at radius 2 is 2.41 bits per heavy atom. The van der Waals surface area contributed by atoms with Gasteiger partial charge in [0.1, 0.15) is 17.0 Å². The van der Waals surface area contributed by atoms with Crippen molar-refractivity contribution in [3.63, 3.8) is 0 Å². The van der Waals surface area contributed by atoms with Gasteiger partial charge in [0, 0.05) is 18.2 Å². The fourth-order valence-corrected chi connectivity index (χ4v) is 1.99. The van der Waals surface area contributed by atoms with Gasteiger partial charge in [0.05, 0.1) is 12.7 Å². The molecule has 17 heavy (non-hydrogen) atoms. The summed E-state index contributed by atoms with van der Waals surface area (Å²) in [5, 5.41) is 18.6. The number of aromatic amines is 1. The van der Waals surface area contributed by atoms with Crippen molar-refractivity contribution in [2.24, 2.45) is 0 Å². The monoisotopic (exact) mass is 258 g/mol. The fourth-order valence-electron chi connectivity index (χ4n) is 1.85. The molecule has 0 spiro atoms. The van der Waals surface area contributed by atoms with Gasteiger partial charge in [0.25, 0.3) is 0 Å². The minimum Gasteiger partial charge on any atom is -0.394 e. The van der Waals surface area contributed by atoms with E-state index in [0.29, 0.717) is 4.64 Å². The molecule has 2 heterocycles. The van der Waals surface area contributed by atoms with Gasteiger partial charge in [0.15, 0.2) is 0 Å². The van der Waals surface area contributed by atoms with Gasteiger partial charge in [-0.05, 0) is 6.92 Å². The molecular weight excluding hydrogens is 244 g/mol. The largest absolute Gasteiger partial charge is 0.394 e. The summed E-state index contributed by atoms with van der Waals surface area (Å²) >= 11 is 4.95. The van der Waals surface area contributed by atoms with Crippen molar-refractivity contribution in [3.05, 3.63) is 26.9 Å². The lowest BCUT2D eigenvalue weighted by Crippen LogP contribution is -2.28. The molecule has 1 fully saturated rings. The minimum absolute atomic E-state index is 0.270. The summed E-state index contributed by atoms with van der Waals surface area (Å²) in [4.78, 5) is 14.2. The number of aliphatic hydroxyl groups is 2. The molecule has 3 N–H and O–H groups in total. The molecular formula is C10H14N2O4S. The molecule has 1 aliphatic heterocycles. The van der Waals surface area contributed by atoms with Crippen molar-refractivity contribution < 1.29 is 14.9 Å². The third kappa shape index (κ3) is 2.32. The van der Waals surface area contributed by atoms with Gasteiger partial charge in [-0.15, -0.1) is 0 Å². The maximum Gasteiger partial charge on any atom is 0.328 e. The van der Waals surface area contributed by atoms with Gasteiger partial charge in [-0.2, -0.15) is 0 Å². The van der Waals surface area contributed by atoms with E-state index in [9.17, 15) is 9.90 Å². The molecule has 0 aliphatic carbocycles. The van der Waals surface area contributed by atoms with Crippen molar-refractivity contribution >= 4 is 12.2 Å². The molecule has 0 saturated carbocycles. The predicted octanol–water partition coefficient (Wildman–Crippen LogP) is -0.145. The Morgan fingerprint density at radius 1 is 1.71 bits per heavy atom. The van der Waals surface area contributed by atoms with Crippen LogP contribution in [0.5, 0.6) is 0 Å². The summed E-state index contributed by atoms with van der Waals surface area (Å²) < 4.78 is 7.14. The van der Waals surface area contributed by atoms with Gasteiger partial charge < -0.3 is 14.9 Å². The van der Waals surface area contributed by atoms with Crippen molar-refractivity contribution in [2.75, 3.05) is 6.61 Å². The molecule has 6 nitrogen and oxygen atoms in total. The summed E-state index contributed by atoms with van der Waals surface area (Å²) in [6, 6.07) is 0. The van der Waals surface area contributed by atoms with Gasteiger partial charge in [-0.25, -0.2) is 4.79 Å². The first-order chi connectivity index (χ1) is 8.02. The standard InChI is InChI=1S/C10H14N2O4S/c1-5-3-12(10(15)11-9(5)17)8-2-6(14)7(4-13)16-8/h3,6-8,13-14H,2,4H2,1H3,(H,11,15,17)/t6-,7+,8+/m1/s1. The molecule has 2 rings (SSSR count). The van der Waals surface area contributed by atoms with Gasteiger partial charge >= 0.3 is 5.69 Å². The Kier molecular flexibility index (Phi) is 3.43. The number of nitrogens with zero attached hydrogens (tertiary/aromatic N) is 1. The van der Waals surface area contributed by atoms with Crippen LogP contribution in [0.1, 0.15) is 18.2 Å². The summed E-state index contributed by atoms with van der Waals surface area (Å²) in [6.07, 6.45) is -0.107. The molecule has 0 bridgehead atoms. The molecule has 1 aromatic rings. The molecule has 0 unspecified atom stereocenters. The highest BCUT2D eigenvalue weighted by molar-refractivity contribution is 7.71. The Balaban J connectivity index is 2.34. The van der Waals surface area contributed by atoms with E-state index in [2.05, 4.69) is 4.98 Å². The van der Waals surface area contributed by atoms with Crippen LogP contribution >= 0.6 is 12.2 Å². The third-order valence-corrected chi connectivity index (χ3v) is 3.26. The molecule has 1 saturated heterocycles. The van der Waals surface area contributed by atoms with Crippen LogP contribution in [0.15, 0.2) is 11.0 Å². The van der Waals surface area contributed by atoms with Crippen molar-refractivity contribution in [1.29, 1.82) is 0 Å². The highest BCUT2D eigenvalue weighted by Crippen LogP contribution is 2.27. The van der Waals surface area contributed by atoms with Crippen LogP contribution < -0.4 is 5.69 Å². The second kappa shape index (κ2) is 4.69. The molecule has 0 radical (unpaired) electrons. The minimum atomic E-state index is -0.764. The average Bonchev–Trinajstić information content (AvgIpc) is 2.65. The Labute approximate surface area is 102 Å². The van der Waals surface area contributed by atoms with E-state index in [1.165, 1.54) is 4.57 Å². The van der Waals surface area contributed by atoms with Crippen molar-refractivity contribution in [3.8, 4) is 0 Å². The number of ether oxygens (including phenoxy) is 1. The number of hydrogen-bond acceptors (Lipinski definition) is 5. The van der Waals surface area contributed by atoms with E-state index in [4.69, 9.17) is 22.1 Å². The zero-order valence-corrected chi connectivity index (χ0v) is 10.1. The topological polar surface area (TPSA) is 87.5 Å². The highest BCUT2D eigenvalue weighted by atomic mass is 32.1. The van der Waals surface area contributed by atoms with Gasteiger partial charge in [-0.1, -0.05) is 12.2 Å². The van der Waals surface area contributed by atoms with Crippen molar-refractivity contribution in [1.82, 2.24) is 9.55 Å². The number of H-pyrrole nitrogens is 1. The first-order valence-corrected chi connectivity index (χ1v) is 5.70. The van der Waals surface area contributed by atoms with E-state index in [-0.39, 0.29) is 18.7 Å². The van der Waals surface area contributed by atoms with Crippen LogP contribution in [-0.4, -0.2) is 38.6 Å². The van der Waals surface area contributed by atoms with Crippen LogP contribution in [-0.2, 0) is 4.74 Å².